The molecule has 1 amide bonds. The summed E-state index contributed by atoms with van der Waals surface area (Å²) < 4.78 is 18.6. The van der Waals surface area contributed by atoms with E-state index in [1.54, 1.807) is 48.3 Å². The van der Waals surface area contributed by atoms with Crippen LogP contribution in [0.25, 0.3) is 11.5 Å². The third-order valence-corrected chi connectivity index (χ3v) is 5.20. The van der Waals surface area contributed by atoms with E-state index in [1.165, 1.54) is 23.9 Å². The number of hydrogen-bond donors (Lipinski definition) is 0. The highest BCUT2D eigenvalue weighted by Gasteiger charge is 2.19. The highest BCUT2D eigenvalue weighted by atomic mass is 35.5. The van der Waals surface area contributed by atoms with Gasteiger partial charge in [-0.15, -0.1) is 10.2 Å². The monoisotopic (exact) mass is 405 g/mol. The molecule has 0 aliphatic rings. The van der Waals surface area contributed by atoms with Gasteiger partial charge in [0.1, 0.15) is 5.82 Å². The van der Waals surface area contributed by atoms with Crippen molar-refractivity contribution in [2.75, 3.05) is 12.8 Å². The summed E-state index contributed by atoms with van der Waals surface area (Å²) in [5.74, 6) is 0.130. The predicted molar refractivity (Wildman–Crippen MR) is 103 cm³/mol. The first-order valence-electron chi connectivity index (χ1n) is 8.17. The van der Waals surface area contributed by atoms with Gasteiger partial charge in [0.15, 0.2) is 0 Å². The van der Waals surface area contributed by atoms with Crippen molar-refractivity contribution in [1.29, 1.82) is 0 Å². The fraction of sp³-hybridized carbons (Fsp3) is 0.211. The Morgan fingerprint density at radius 2 is 1.85 bits per heavy atom. The van der Waals surface area contributed by atoms with Gasteiger partial charge >= 0.3 is 0 Å². The molecule has 140 valence electrons. The zero-order valence-corrected chi connectivity index (χ0v) is 16.3. The van der Waals surface area contributed by atoms with E-state index in [0.29, 0.717) is 16.1 Å². The predicted octanol–water partition coefficient (Wildman–Crippen LogP) is 4.84. The van der Waals surface area contributed by atoms with Crippen molar-refractivity contribution in [2.24, 2.45) is 0 Å². The number of nitrogens with zero attached hydrogens (tertiary/aromatic N) is 3. The lowest BCUT2D eigenvalue weighted by molar-refractivity contribution is -0.128. The molecule has 1 aromatic heterocycles. The van der Waals surface area contributed by atoms with Gasteiger partial charge in [0.25, 0.3) is 5.22 Å². The van der Waals surface area contributed by atoms with E-state index < -0.39 is 0 Å². The third-order valence-electron chi connectivity index (χ3n) is 4.14. The zero-order valence-electron chi connectivity index (χ0n) is 14.7. The Balaban J connectivity index is 1.58. The van der Waals surface area contributed by atoms with Crippen molar-refractivity contribution < 1.29 is 13.6 Å². The zero-order chi connectivity index (χ0) is 19.4. The molecule has 3 rings (SSSR count). The number of rotatable bonds is 6. The van der Waals surface area contributed by atoms with Crippen molar-refractivity contribution in [3.63, 3.8) is 0 Å². The fourth-order valence-corrected chi connectivity index (χ4v) is 3.20. The second kappa shape index (κ2) is 8.54. The Hall–Kier alpha value is -2.38. The van der Waals surface area contributed by atoms with E-state index in [4.69, 9.17) is 16.0 Å². The van der Waals surface area contributed by atoms with E-state index in [0.717, 1.165) is 11.1 Å². The second-order valence-electron chi connectivity index (χ2n) is 5.90. The van der Waals surface area contributed by atoms with Crippen molar-refractivity contribution in [2.45, 2.75) is 18.2 Å². The van der Waals surface area contributed by atoms with Crippen LogP contribution >= 0.6 is 23.4 Å². The van der Waals surface area contributed by atoms with Gasteiger partial charge in [-0.05, 0) is 48.9 Å². The van der Waals surface area contributed by atoms with Gasteiger partial charge in [0.2, 0.25) is 11.8 Å². The van der Waals surface area contributed by atoms with Crippen LogP contribution in [-0.4, -0.2) is 33.8 Å². The van der Waals surface area contributed by atoms with E-state index >= 15 is 0 Å². The number of aromatic nitrogens is 2. The van der Waals surface area contributed by atoms with Crippen LogP contribution in [-0.2, 0) is 4.79 Å². The lowest BCUT2D eigenvalue weighted by Gasteiger charge is -2.25. The fourth-order valence-electron chi connectivity index (χ4n) is 2.38. The molecule has 0 aliphatic carbocycles. The number of benzene rings is 2. The molecule has 8 heteroatoms. The van der Waals surface area contributed by atoms with Crippen molar-refractivity contribution >= 4 is 29.3 Å². The van der Waals surface area contributed by atoms with E-state index in [1.807, 2.05) is 6.92 Å². The molecular formula is C19H17ClFN3O2S. The third kappa shape index (κ3) is 4.87. The summed E-state index contributed by atoms with van der Waals surface area (Å²) in [4.78, 5) is 14.0. The van der Waals surface area contributed by atoms with Crippen molar-refractivity contribution in [1.82, 2.24) is 15.1 Å². The maximum atomic E-state index is 13.0. The average molecular weight is 406 g/mol. The van der Waals surface area contributed by atoms with Crippen LogP contribution in [0.1, 0.15) is 18.5 Å². The first-order valence-corrected chi connectivity index (χ1v) is 9.54. The Labute approximate surface area is 165 Å². The van der Waals surface area contributed by atoms with Crippen LogP contribution in [0.3, 0.4) is 0 Å². The quantitative estimate of drug-likeness (QED) is 0.549. The minimum atomic E-state index is -0.302. The van der Waals surface area contributed by atoms with Gasteiger partial charge in [-0.2, -0.15) is 0 Å². The van der Waals surface area contributed by atoms with Crippen LogP contribution in [0.4, 0.5) is 4.39 Å². The van der Waals surface area contributed by atoms with Crippen LogP contribution in [0, 0.1) is 5.82 Å². The molecule has 1 unspecified atom stereocenters. The van der Waals surface area contributed by atoms with Crippen molar-refractivity contribution in [3.8, 4) is 11.5 Å². The molecule has 1 heterocycles. The number of halogens is 2. The molecule has 0 N–H and O–H groups in total. The summed E-state index contributed by atoms with van der Waals surface area (Å²) in [6.45, 7) is 1.89. The summed E-state index contributed by atoms with van der Waals surface area (Å²) in [6, 6.07) is 13.0. The van der Waals surface area contributed by atoms with E-state index in [-0.39, 0.29) is 23.5 Å². The first-order chi connectivity index (χ1) is 12.9. The Morgan fingerprint density at radius 3 is 2.52 bits per heavy atom. The Bertz CT molecular complexity index is 915. The van der Waals surface area contributed by atoms with Gasteiger partial charge in [-0.3, -0.25) is 4.79 Å². The molecule has 0 aliphatic heterocycles. The molecule has 2 aromatic carbocycles. The molecule has 0 spiro atoms. The minimum Gasteiger partial charge on any atom is -0.411 e. The Morgan fingerprint density at radius 1 is 1.19 bits per heavy atom. The van der Waals surface area contributed by atoms with Gasteiger partial charge in [-0.1, -0.05) is 35.5 Å². The molecule has 0 radical (unpaired) electrons. The van der Waals surface area contributed by atoms with Gasteiger partial charge < -0.3 is 9.32 Å². The first kappa shape index (κ1) is 19.4. The molecular weight excluding hydrogens is 389 g/mol. The molecule has 1 atom stereocenters. The summed E-state index contributed by atoms with van der Waals surface area (Å²) in [5, 5.41) is 8.89. The second-order valence-corrected chi connectivity index (χ2v) is 7.26. The van der Waals surface area contributed by atoms with Gasteiger partial charge in [0.05, 0.1) is 11.8 Å². The van der Waals surface area contributed by atoms with Crippen LogP contribution < -0.4 is 0 Å². The largest absolute Gasteiger partial charge is 0.411 e. The Kier molecular flexibility index (Phi) is 6.13. The van der Waals surface area contributed by atoms with Crippen molar-refractivity contribution in [3.05, 3.63) is 64.9 Å². The maximum absolute atomic E-state index is 13.0. The molecule has 0 fully saturated rings. The summed E-state index contributed by atoms with van der Waals surface area (Å²) in [6.07, 6.45) is 0. The highest BCUT2D eigenvalue weighted by molar-refractivity contribution is 7.99. The number of carbonyl (C=O) groups is 1. The highest BCUT2D eigenvalue weighted by Crippen LogP contribution is 2.25. The summed E-state index contributed by atoms with van der Waals surface area (Å²) >= 11 is 7.04. The number of carbonyl (C=O) groups excluding carboxylic acids is 1. The molecule has 0 saturated carbocycles. The van der Waals surface area contributed by atoms with Crippen LogP contribution in [0.2, 0.25) is 5.02 Å². The number of hydrogen-bond acceptors (Lipinski definition) is 5. The minimum absolute atomic E-state index is 0.0944. The SMILES string of the molecule is CC(c1ccc(F)cc1)N(C)C(=O)CSc1nnc(-c2ccc(Cl)cc2)o1. The average Bonchev–Trinajstić information content (AvgIpc) is 3.15. The van der Waals surface area contributed by atoms with E-state index in [9.17, 15) is 9.18 Å². The van der Waals surface area contributed by atoms with Crippen LogP contribution in [0.15, 0.2) is 58.2 Å². The normalized spacial score (nSPS) is 12.0. The van der Waals surface area contributed by atoms with Gasteiger partial charge in [0, 0.05) is 17.6 Å². The molecule has 3 aromatic rings. The smallest absolute Gasteiger partial charge is 0.277 e. The number of thioether (sulfide) groups is 1. The summed E-state index contributed by atoms with van der Waals surface area (Å²) in [5.41, 5.74) is 1.62. The molecule has 27 heavy (non-hydrogen) atoms. The standard InChI is InChI=1S/C19H17ClFN3O2S/c1-12(13-5-9-16(21)10-6-13)24(2)17(25)11-27-19-23-22-18(26-19)14-3-7-15(20)8-4-14/h3-10,12H,11H2,1-2H3. The summed E-state index contributed by atoms with van der Waals surface area (Å²) in [7, 11) is 1.71. The lowest BCUT2D eigenvalue weighted by atomic mass is 10.1. The number of amides is 1. The molecule has 5 nitrogen and oxygen atoms in total. The lowest BCUT2D eigenvalue weighted by Crippen LogP contribution is -2.31. The van der Waals surface area contributed by atoms with Gasteiger partial charge in [-0.25, -0.2) is 4.39 Å². The molecule has 0 saturated heterocycles. The van der Waals surface area contributed by atoms with E-state index in [2.05, 4.69) is 10.2 Å². The van der Waals surface area contributed by atoms with Crippen LogP contribution in [0.5, 0.6) is 0 Å². The topological polar surface area (TPSA) is 59.2 Å². The molecule has 0 bridgehead atoms. The maximum Gasteiger partial charge on any atom is 0.277 e.